The smallest absolute Gasteiger partial charge is 0.307 e. The molecule has 0 spiro atoms. The number of benzene rings is 2. The van der Waals surface area contributed by atoms with Crippen molar-refractivity contribution in [1.29, 1.82) is 0 Å². The third-order valence-electron chi connectivity index (χ3n) is 6.16. The minimum absolute atomic E-state index is 0.0434. The van der Waals surface area contributed by atoms with Crippen LogP contribution in [0.3, 0.4) is 0 Å². The molecule has 4 aromatic rings. The third kappa shape index (κ3) is 6.92. The number of halogens is 1. The number of methoxy groups -OCH3 is 1. The quantitative estimate of drug-likeness (QED) is 0.150. The van der Waals surface area contributed by atoms with Gasteiger partial charge in [-0.1, -0.05) is 6.92 Å². The van der Waals surface area contributed by atoms with Crippen molar-refractivity contribution in [3.8, 4) is 22.9 Å². The number of aromatic nitrogens is 1. The fourth-order valence-corrected chi connectivity index (χ4v) is 4.49. The van der Waals surface area contributed by atoms with Gasteiger partial charge in [-0.3, -0.25) is 4.79 Å². The van der Waals surface area contributed by atoms with Gasteiger partial charge >= 0.3 is 5.91 Å². The number of hydrazone groups is 1. The summed E-state index contributed by atoms with van der Waals surface area (Å²) in [4.78, 5) is 12.5. The highest BCUT2D eigenvalue weighted by Gasteiger charge is 2.14. The summed E-state index contributed by atoms with van der Waals surface area (Å²) in [5.41, 5.74) is 6.61. The molecule has 0 radical (unpaired) electrons. The Balaban J connectivity index is 1.32. The summed E-state index contributed by atoms with van der Waals surface area (Å²) >= 11 is 3.52. The second-order valence-corrected chi connectivity index (χ2v) is 9.92. The van der Waals surface area contributed by atoms with Gasteiger partial charge in [-0.2, -0.15) is 5.10 Å². The molecule has 1 amide bonds. The minimum atomic E-state index is -0.470. The molecular formula is C30H32BrN3O5. The third-order valence-corrected chi connectivity index (χ3v) is 6.75. The zero-order chi connectivity index (χ0) is 27.9. The number of nitrogens with one attached hydrogen (secondary N) is 1. The van der Waals surface area contributed by atoms with Gasteiger partial charge in [-0.15, -0.1) is 0 Å². The van der Waals surface area contributed by atoms with Crippen LogP contribution in [0.2, 0.25) is 0 Å². The normalized spacial score (nSPS) is 11.9. The molecule has 39 heavy (non-hydrogen) atoms. The summed E-state index contributed by atoms with van der Waals surface area (Å²) in [6.07, 6.45) is 2.43. The lowest BCUT2D eigenvalue weighted by Crippen LogP contribution is -2.16. The Morgan fingerprint density at radius 1 is 1.10 bits per heavy atom. The Labute approximate surface area is 236 Å². The van der Waals surface area contributed by atoms with E-state index in [9.17, 15) is 4.79 Å². The van der Waals surface area contributed by atoms with Crippen LogP contribution in [0.1, 0.15) is 53.5 Å². The van der Waals surface area contributed by atoms with Crippen molar-refractivity contribution in [3.63, 3.8) is 0 Å². The van der Waals surface area contributed by atoms with Crippen molar-refractivity contribution < 1.29 is 23.4 Å². The average molecular weight is 595 g/mol. The Bertz CT molecular complexity index is 1440. The minimum Gasteiger partial charge on any atom is -0.493 e. The Kier molecular flexibility index (Phi) is 9.14. The van der Waals surface area contributed by atoms with Crippen molar-refractivity contribution in [2.75, 3.05) is 7.11 Å². The molecule has 0 bridgehead atoms. The SMILES string of the molecule is CC[C@H](C)Oc1c(Br)cc(/C=N/NC(=O)c2ccc(COc3ccc(-n4c(C)ccc4C)cc3)o2)cc1OC. The van der Waals surface area contributed by atoms with E-state index in [1.54, 1.807) is 25.3 Å². The predicted octanol–water partition coefficient (Wildman–Crippen LogP) is 6.98. The van der Waals surface area contributed by atoms with Gasteiger partial charge in [-0.05, 0) is 109 Å². The molecule has 4 rings (SSSR count). The molecule has 0 aliphatic rings. The number of carbonyl (C=O) groups excluding carboxylic acids is 1. The van der Waals surface area contributed by atoms with Gasteiger partial charge in [0, 0.05) is 17.1 Å². The summed E-state index contributed by atoms with van der Waals surface area (Å²) in [7, 11) is 1.58. The molecule has 2 aromatic heterocycles. The molecule has 0 fully saturated rings. The van der Waals surface area contributed by atoms with Crippen molar-refractivity contribution in [2.45, 2.75) is 46.8 Å². The first-order chi connectivity index (χ1) is 18.8. The van der Waals surface area contributed by atoms with E-state index >= 15 is 0 Å². The molecular weight excluding hydrogens is 562 g/mol. The van der Waals surface area contributed by atoms with Crippen LogP contribution in [-0.2, 0) is 6.61 Å². The first kappa shape index (κ1) is 28.0. The first-order valence-corrected chi connectivity index (χ1v) is 13.4. The lowest BCUT2D eigenvalue weighted by molar-refractivity contribution is 0.0923. The van der Waals surface area contributed by atoms with Gasteiger partial charge in [0.15, 0.2) is 17.3 Å². The molecule has 0 saturated heterocycles. The zero-order valence-corrected chi connectivity index (χ0v) is 24.2. The highest BCUT2D eigenvalue weighted by Crippen LogP contribution is 2.37. The lowest BCUT2D eigenvalue weighted by atomic mass is 10.2. The lowest BCUT2D eigenvalue weighted by Gasteiger charge is -2.17. The maximum Gasteiger partial charge on any atom is 0.307 e. The highest BCUT2D eigenvalue weighted by molar-refractivity contribution is 9.10. The number of amides is 1. The standard InChI is InChI=1S/C30H32BrN3O5/c1-6-21(4)38-29-26(31)15-22(16-28(29)36-5)17-32-33-30(35)27-14-13-25(39-27)18-37-24-11-9-23(10-12-24)34-19(2)7-8-20(34)3/h7-17,21H,6,18H2,1-5H3,(H,33,35)/b32-17+/t21-/m0/s1. The fourth-order valence-electron chi connectivity index (χ4n) is 3.93. The molecule has 204 valence electrons. The Morgan fingerprint density at radius 2 is 1.82 bits per heavy atom. The van der Waals surface area contributed by atoms with Crippen LogP contribution in [0.25, 0.3) is 5.69 Å². The molecule has 1 N–H and O–H groups in total. The molecule has 1 atom stereocenters. The molecule has 9 heteroatoms. The largest absolute Gasteiger partial charge is 0.493 e. The molecule has 8 nitrogen and oxygen atoms in total. The maximum atomic E-state index is 12.5. The average Bonchev–Trinajstić information content (AvgIpc) is 3.55. The maximum absolute atomic E-state index is 12.5. The number of aryl methyl sites for hydroxylation is 2. The predicted molar refractivity (Wildman–Crippen MR) is 154 cm³/mol. The van der Waals surface area contributed by atoms with Crippen molar-refractivity contribution in [3.05, 3.63) is 93.6 Å². The summed E-state index contributed by atoms with van der Waals surface area (Å²) in [5, 5.41) is 4.05. The molecule has 0 saturated carbocycles. The van der Waals surface area contributed by atoms with E-state index in [1.807, 2.05) is 37.3 Å². The van der Waals surface area contributed by atoms with E-state index in [0.717, 1.165) is 22.1 Å². The monoisotopic (exact) mass is 593 g/mol. The van der Waals surface area contributed by atoms with E-state index < -0.39 is 5.91 Å². The fraction of sp³-hybridized carbons (Fsp3) is 0.267. The van der Waals surface area contributed by atoms with E-state index in [0.29, 0.717) is 23.0 Å². The Morgan fingerprint density at radius 3 is 2.49 bits per heavy atom. The molecule has 0 aliphatic heterocycles. The van der Waals surface area contributed by atoms with Gasteiger partial charge in [0.25, 0.3) is 0 Å². The van der Waals surface area contributed by atoms with E-state index in [-0.39, 0.29) is 18.5 Å². The summed E-state index contributed by atoms with van der Waals surface area (Å²) < 4.78 is 25.8. The number of hydrogen-bond acceptors (Lipinski definition) is 6. The number of furan rings is 1. The topological polar surface area (TPSA) is 87.2 Å². The number of hydrogen-bond donors (Lipinski definition) is 1. The molecule has 2 heterocycles. The highest BCUT2D eigenvalue weighted by atomic mass is 79.9. The molecule has 0 aliphatic carbocycles. The summed E-state index contributed by atoms with van der Waals surface area (Å²) in [6.45, 7) is 8.38. The van der Waals surface area contributed by atoms with E-state index in [4.69, 9.17) is 18.6 Å². The molecule has 0 unspecified atom stereocenters. The zero-order valence-electron chi connectivity index (χ0n) is 22.7. The molecule has 2 aromatic carbocycles. The van der Waals surface area contributed by atoms with Gasteiger partial charge in [0.1, 0.15) is 18.1 Å². The van der Waals surface area contributed by atoms with Gasteiger partial charge < -0.3 is 23.2 Å². The Hall–Kier alpha value is -3.98. The van der Waals surface area contributed by atoms with Crippen molar-refractivity contribution in [1.82, 2.24) is 9.99 Å². The van der Waals surface area contributed by atoms with Gasteiger partial charge in [0.05, 0.1) is 23.9 Å². The van der Waals surface area contributed by atoms with Crippen LogP contribution in [-0.4, -0.2) is 29.9 Å². The summed E-state index contributed by atoms with van der Waals surface area (Å²) in [5.74, 6) is 2.09. The van der Waals surface area contributed by atoms with Crippen molar-refractivity contribution in [2.24, 2.45) is 5.10 Å². The van der Waals surface area contributed by atoms with Gasteiger partial charge in [0.2, 0.25) is 0 Å². The first-order valence-electron chi connectivity index (χ1n) is 12.6. The second kappa shape index (κ2) is 12.7. The van der Waals surface area contributed by atoms with Crippen LogP contribution >= 0.6 is 15.9 Å². The number of nitrogens with zero attached hydrogens (tertiary/aromatic N) is 2. The van der Waals surface area contributed by atoms with Gasteiger partial charge in [-0.25, -0.2) is 5.43 Å². The van der Waals surface area contributed by atoms with Crippen molar-refractivity contribution >= 4 is 28.1 Å². The van der Waals surface area contributed by atoms with Crippen LogP contribution in [0.4, 0.5) is 0 Å². The summed E-state index contributed by atoms with van der Waals surface area (Å²) in [6, 6.07) is 18.9. The number of carbonyl (C=O) groups is 1. The van der Waals surface area contributed by atoms with Crippen LogP contribution < -0.4 is 19.6 Å². The van der Waals surface area contributed by atoms with Crippen LogP contribution in [0.5, 0.6) is 17.2 Å². The van der Waals surface area contributed by atoms with Crippen LogP contribution in [0, 0.1) is 13.8 Å². The van der Waals surface area contributed by atoms with E-state index in [1.165, 1.54) is 17.6 Å². The van der Waals surface area contributed by atoms with E-state index in [2.05, 4.69) is 63.9 Å². The van der Waals surface area contributed by atoms with Crippen LogP contribution in [0.15, 0.2) is 74.7 Å². The number of ether oxygens (including phenoxy) is 3. The second-order valence-electron chi connectivity index (χ2n) is 9.07. The number of rotatable bonds is 11.